The summed E-state index contributed by atoms with van der Waals surface area (Å²) in [5, 5.41) is 13.0. The topological polar surface area (TPSA) is 20.2 Å². The summed E-state index contributed by atoms with van der Waals surface area (Å²) in [5.41, 5.74) is 3.13. The minimum Gasteiger partial charge on any atom is -0.384 e. The Morgan fingerprint density at radius 3 is 2.20 bits per heavy atom. The van der Waals surface area contributed by atoms with E-state index in [1.807, 2.05) is 42.5 Å². The second-order valence-corrected chi connectivity index (χ2v) is 6.22. The summed E-state index contributed by atoms with van der Waals surface area (Å²) in [4.78, 5) is 0. The maximum absolute atomic E-state index is 10.7. The molecule has 0 amide bonds. The van der Waals surface area contributed by atoms with E-state index < -0.39 is 6.10 Å². The largest absolute Gasteiger partial charge is 0.384 e. The zero-order valence-corrected chi connectivity index (χ0v) is 13.3. The summed E-state index contributed by atoms with van der Waals surface area (Å²) in [6.07, 6.45) is -0.586. The second kappa shape index (κ2) is 5.54. The predicted molar refractivity (Wildman–Crippen MR) is 91.9 cm³/mol. The standard InChI is InChI=1S/C18H15IO/c1-12-6-11-17(16-5-3-2-4-15(12)16)18(20)13-7-9-14(19)10-8-13/h2-11,18,20H,1H3. The van der Waals surface area contributed by atoms with Crippen molar-refractivity contribution in [2.24, 2.45) is 0 Å². The van der Waals surface area contributed by atoms with Crippen LogP contribution in [0, 0.1) is 10.5 Å². The number of hydrogen-bond donors (Lipinski definition) is 1. The Bertz CT molecular complexity index is 747. The molecule has 0 aliphatic rings. The third kappa shape index (κ3) is 2.45. The van der Waals surface area contributed by atoms with Gasteiger partial charge < -0.3 is 5.11 Å². The van der Waals surface area contributed by atoms with Crippen LogP contribution in [0.4, 0.5) is 0 Å². The van der Waals surface area contributed by atoms with Gasteiger partial charge in [0.1, 0.15) is 6.10 Å². The maximum atomic E-state index is 10.7. The van der Waals surface area contributed by atoms with E-state index in [1.165, 1.54) is 14.5 Å². The first-order chi connectivity index (χ1) is 9.66. The van der Waals surface area contributed by atoms with E-state index in [-0.39, 0.29) is 0 Å². The van der Waals surface area contributed by atoms with Crippen molar-refractivity contribution in [1.82, 2.24) is 0 Å². The molecule has 0 heterocycles. The van der Waals surface area contributed by atoms with E-state index in [9.17, 15) is 5.11 Å². The molecule has 0 aliphatic heterocycles. The monoisotopic (exact) mass is 374 g/mol. The van der Waals surface area contributed by atoms with Crippen LogP contribution in [0.5, 0.6) is 0 Å². The molecule has 0 fully saturated rings. The Kier molecular flexibility index (Phi) is 3.76. The summed E-state index contributed by atoms with van der Waals surface area (Å²) in [6, 6.07) is 20.4. The van der Waals surface area contributed by atoms with Crippen molar-refractivity contribution in [2.45, 2.75) is 13.0 Å². The van der Waals surface area contributed by atoms with E-state index in [0.717, 1.165) is 16.5 Å². The Balaban J connectivity index is 2.14. The van der Waals surface area contributed by atoms with Gasteiger partial charge in [-0.25, -0.2) is 0 Å². The van der Waals surface area contributed by atoms with Crippen LogP contribution in [0.2, 0.25) is 0 Å². The molecule has 20 heavy (non-hydrogen) atoms. The highest BCUT2D eigenvalue weighted by Crippen LogP contribution is 2.30. The lowest BCUT2D eigenvalue weighted by atomic mass is 9.94. The van der Waals surface area contributed by atoms with Crippen molar-refractivity contribution >= 4 is 33.4 Å². The molecule has 0 aliphatic carbocycles. The zero-order chi connectivity index (χ0) is 14.1. The Morgan fingerprint density at radius 1 is 0.850 bits per heavy atom. The van der Waals surface area contributed by atoms with Gasteiger partial charge in [-0.3, -0.25) is 0 Å². The van der Waals surface area contributed by atoms with Gasteiger partial charge in [-0.05, 0) is 69.1 Å². The normalized spacial score (nSPS) is 12.6. The van der Waals surface area contributed by atoms with Gasteiger partial charge in [0.05, 0.1) is 0 Å². The average molecular weight is 374 g/mol. The first kappa shape index (κ1) is 13.6. The maximum Gasteiger partial charge on any atom is 0.105 e. The first-order valence-corrected chi connectivity index (χ1v) is 7.66. The SMILES string of the molecule is Cc1ccc(C(O)c2ccc(I)cc2)c2ccccc12. The first-order valence-electron chi connectivity index (χ1n) is 6.58. The number of rotatable bonds is 2. The van der Waals surface area contributed by atoms with E-state index in [2.05, 4.69) is 47.7 Å². The van der Waals surface area contributed by atoms with Gasteiger partial charge in [0.15, 0.2) is 0 Å². The highest BCUT2D eigenvalue weighted by molar-refractivity contribution is 14.1. The molecule has 3 aromatic carbocycles. The van der Waals surface area contributed by atoms with Crippen molar-refractivity contribution in [3.8, 4) is 0 Å². The van der Waals surface area contributed by atoms with Crippen LogP contribution >= 0.6 is 22.6 Å². The summed E-state index contributed by atoms with van der Waals surface area (Å²) in [5.74, 6) is 0. The van der Waals surface area contributed by atoms with E-state index in [0.29, 0.717) is 0 Å². The van der Waals surface area contributed by atoms with Gasteiger partial charge in [0, 0.05) is 3.57 Å². The van der Waals surface area contributed by atoms with Gasteiger partial charge in [-0.1, -0.05) is 48.5 Å². The highest BCUT2D eigenvalue weighted by Gasteiger charge is 2.14. The molecule has 1 atom stereocenters. The van der Waals surface area contributed by atoms with Gasteiger partial charge in [0.2, 0.25) is 0 Å². The molecule has 1 N–H and O–H groups in total. The predicted octanol–water partition coefficient (Wildman–Crippen LogP) is 4.83. The highest BCUT2D eigenvalue weighted by atomic mass is 127. The van der Waals surface area contributed by atoms with Crippen molar-refractivity contribution in [2.75, 3.05) is 0 Å². The molecule has 1 nitrogen and oxygen atoms in total. The van der Waals surface area contributed by atoms with Crippen LogP contribution in [-0.2, 0) is 0 Å². The van der Waals surface area contributed by atoms with Crippen LogP contribution in [0.25, 0.3) is 10.8 Å². The molecular weight excluding hydrogens is 359 g/mol. The third-order valence-electron chi connectivity index (χ3n) is 3.66. The molecule has 3 aromatic rings. The van der Waals surface area contributed by atoms with Gasteiger partial charge >= 0.3 is 0 Å². The summed E-state index contributed by atoms with van der Waals surface area (Å²) >= 11 is 2.27. The number of benzene rings is 3. The van der Waals surface area contributed by atoms with Crippen molar-refractivity contribution in [3.05, 3.63) is 80.9 Å². The summed E-state index contributed by atoms with van der Waals surface area (Å²) in [7, 11) is 0. The van der Waals surface area contributed by atoms with Gasteiger partial charge in [0.25, 0.3) is 0 Å². The molecule has 0 saturated carbocycles. The van der Waals surface area contributed by atoms with Crippen LogP contribution in [0.15, 0.2) is 60.7 Å². The fraction of sp³-hybridized carbons (Fsp3) is 0.111. The van der Waals surface area contributed by atoms with Crippen LogP contribution in [-0.4, -0.2) is 5.11 Å². The van der Waals surface area contributed by atoms with E-state index in [4.69, 9.17) is 0 Å². The Morgan fingerprint density at radius 2 is 1.50 bits per heavy atom. The zero-order valence-electron chi connectivity index (χ0n) is 11.2. The molecule has 0 spiro atoms. The summed E-state index contributed by atoms with van der Waals surface area (Å²) in [6.45, 7) is 2.10. The molecule has 0 saturated heterocycles. The number of aliphatic hydroxyl groups excluding tert-OH is 1. The Hall–Kier alpha value is -1.39. The average Bonchev–Trinajstić information content (AvgIpc) is 2.48. The molecular formula is C18H15IO. The van der Waals surface area contributed by atoms with Crippen molar-refractivity contribution in [1.29, 1.82) is 0 Å². The summed E-state index contributed by atoms with van der Waals surface area (Å²) < 4.78 is 1.17. The lowest BCUT2D eigenvalue weighted by molar-refractivity contribution is 0.222. The second-order valence-electron chi connectivity index (χ2n) is 4.97. The number of aryl methyl sites for hydroxylation is 1. The van der Waals surface area contributed by atoms with Crippen LogP contribution in [0.1, 0.15) is 22.8 Å². The molecule has 1 unspecified atom stereocenters. The lowest BCUT2D eigenvalue weighted by Crippen LogP contribution is -2.01. The third-order valence-corrected chi connectivity index (χ3v) is 4.38. The molecule has 0 radical (unpaired) electrons. The van der Waals surface area contributed by atoms with Crippen molar-refractivity contribution < 1.29 is 5.11 Å². The molecule has 0 aromatic heterocycles. The molecule has 3 rings (SSSR count). The minimum absolute atomic E-state index is 0.586. The van der Waals surface area contributed by atoms with Crippen LogP contribution < -0.4 is 0 Å². The number of hydrogen-bond acceptors (Lipinski definition) is 1. The lowest BCUT2D eigenvalue weighted by Gasteiger charge is -2.15. The molecule has 0 bridgehead atoms. The number of fused-ring (bicyclic) bond motifs is 1. The fourth-order valence-corrected chi connectivity index (χ4v) is 2.90. The quantitative estimate of drug-likeness (QED) is 0.637. The van der Waals surface area contributed by atoms with Gasteiger partial charge in [-0.15, -0.1) is 0 Å². The van der Waals surface area contributed by atoms with E-state index in [1.54, 1.807) is 0 Å². The Labute approximate surface area is 132 Å². The number of aliphatic hydroxyl groups is 1. The van der Waals surface area contributed by atoms with Crippen LogP contribution in [0.3, 0.4) is 0 Å². The fourth-order valence-electron chi connectivity index (χ4n) is 2.54. The van der Waals surface area contributed by atoms with E-state index >= 15 is 0 Å². The number of halogens is 1. The minimum atomic E-state index is -0.586. The smallest absolute Gasteiger partial charge is 0.105 e. The van der Waals surface area contributed by atoms with Crippen molar-refractivity contribution in [3.63, 3.8) is 0 Å². The van der Waals surface area contributed by atoms with Gasteiger partial charge in [-0.2, -0.15) is 0 Å². The molecule has 2 heteroatoms. The molecule has 100 valence electrons.